The molecule has 1 aromatic rings. The first-order valence-electron chi connectivity index (χ1n) is 6.27. The fraction of sp³-hybridized carbons (Fsp3) is 0.571. The van der Waals surface area contributed by atoms with Gasteiger partial charge in [-0.1, -0.05) is 12.1 Å². The topological polar surface area (TPSA) is 21.3 Å². The Kier molecular flexibility index (Phi) is 2.58. The SMILES string of the molecule is COc1cccc(C2CCC3(CNC3)C2)c1F. The quantitative estimate of drug-likeness (QED) is 0.851. The lowest BCUT2D eigenvalue weighted by atomic mass is 9.79. The van der Waals surface area contributed by atoms with E-state index in [2.05, 4.69) is 5.32 Å². The Morgan fingerprint density at radius 3 is 2.82 bits per heavy atom. The monoisotopic (exact) mass is 235 g/mol. The normalized spacial score (nSPS) is 25.9. The van der Waals surface area contributed by atoms with Crippen molar-refractivity contribution < 1.29 is 9.13 Å². The number of benzene rings is 1. The van der Waals surface area contributed by atoms with Crippen LogP contribution < -0.4 is 10.1 Å². The largest absolute Gasteiger partial charge is 0.494 e. The van der Waals surface area contributed by atoms with Gasteiger partial charge in [0.2, 0.25) is 0 Å². The van der Waals surface area contributed by atoms with Crippen molar-refractivity contribution in [2.75, 3.05) is 20.2 Å². The zero-order valence-corrected chi connectivity index (χ0v) is 10.1. The Morgan fingerprint density at radius 1 is 1.41 bits per heavy atom. The van der Waals surface area contributed by atoms with E-state index in [4.69, 9.17) is 4.74 Å². The summed E-state index contributed by atoms with van der Waals surface area (Å²) in [5.74, 6) is 0.576. The van der Waals surface area contributed by atoms with Gasteiger partial charge in [0.15, 0.2) is 11.6 Å². The maximum atomic E-state index is 14.2. The molecule has 2 aliphatic rings. The number of halogens is 1. The van der Waals surface area contributed by atoms with Crippen LogP contribution in [0.4, 0.5) is 4.39 Å². The van der Waals surface area contributed by atoms with Gasteiger partial charge in [0.25, 0.3) is 0 Å². The molecule has 1 atom stereocenters. The fourth-order valence-corrected chi connectivity index (χ4v) is 3.27. The van der Waals surface area contributed by atoms with E-state index in [1.165, 1.54) is 13.5 Å². The Labute approximate surface area is 101 Å². The summed E-state index contributed by atoms with van der Waals surface area (Å²) in [5, 5.41) is 3.33. The number of hydrogen-bond acceptors (Lipinski definition) is 2. The smallest absolute Gasteiger partial charge is 0.168 e. The molecule has 3 rings (SSSR count). The van der Waals surface area contributed by atoms with Crippen LogP contribution in [0.5, 0.6) is 5.75 Å². The number of nitrogens with one attached hydrogen (secondary N) is 1. The molecule has 0 amide bonds. The van der Waals surface area contributed by atoms with Crippen molar-refractivity contribution in [1.29, 1.82) is 0 Å². The second-order valence-corrected chi connectivity index (χ2v) is 5.41. The molecule has 92 valence electrons. The Bertz CT molecular complexity index is 428. The Balaban J connectivity index is 1.85. The highest BCUT2D eigenvalue weighted by Crippen LogP contribution is 2.49. The summed E-state index contributed by atoms with van der Waals surface area (Å²) in [5.41, 5.74) is 1.30. The summed E-state index contributed by atoms with van der Waals surface area (Å²) in [6, 6.07) is 5.49. The second-order valence-electron chi connectivity index (χ2n) is 5.41. The number of ether oxygens (including phenoxy) is 1. The van der Waals surface area contributed by atoms with Gasteiger partial charge in [-0.2, -0.15) is 0 Å². The summed E-state index contributed by atoms with van der Waals surface area (Å²) in [7, 11) is 1.52. The lowest BCUT2D eigenvalue weighted by Crippen LogP contribution is -2.51. The van der Waals surface area contributed by atoms with Gasteiger partial charge in [-0.05, 0) is 42.2 Å². The van der Waals surface area contributed by atoms with E-state index in [0.29, 0.717) is 17.1 Å². The van der Waals surface area contributed by atoms with E-state index in [9.17, 15) is 4.39 Å². The molecular formula is C14H18FNO. The van der Waals surface area contributed by atoms with E-state index in [1.807, 2.05) is 12.1 Å². The molecule has 1 unspecified atom stereocenters. The molecule has 2 fully saturated rings. The van der Waals surface area contributed by atoms with Crippen molar-refractivity contribution in [3.8, 4) is 5.75 Å². The first-order chi connectivity index (χ1) is 8.24. The predicted molar refractivity (Wildman–Crippen MR) is 64.8 cm³/mol. The van der Waals surface area contributed by atoms with Crippen LogP contribution in [0.1, 0.15) is 30.7 Å². The van der Waals surface area contributed by atoms with Gasteiger partial charge < -0.3 is 10.1 Å². The zero-order valence-electron chi connectivity index (χ0n) is 10.1. The van der Waals surface area contributed by atoms with Crippen LogP contribution in [0, 0.1) is 11.2 Å². The van der Waals surface area contributed by atoms with E-state index >= 15 is 0 Å². The molecule has 1 aromatic carbocycles. The van der Waals surface area contributed by atoms with E-state index in [1.54, 1.807) is 6.07 Å². The molecule has 1 aliphatic carbocycles. The predicted octanol–water partition coefficient (Wildman–Crippen LogP) is 2.69. The summed E-state index contributed by atoms with van der Waals surface area (Å²) < 4.78 is 19.2. The minimum atomic E-state index is -0.163. The summed E-state index contributed by atoms with van der Waals surface area (Å²) in [6.45, 7) is 2.21. The first-order valence-corrected chi connectivity index (χ1v) is 6.27. The molecule has 1 spiro atoms. The molecule has 1 saturated heterocycles. The third-order valence-corrected chi connectivity index (χ3v) is 4.36. The van der Waals surface area contributed by atoms with Crippen molar-refractivity contribution in [3.05, 3.63) is 29.6 Å². The minimum Gasteiger partial charge on any atom is -0.494 e. The molecule has 2 nitrogen and oxygen atoms in total. The standard InChI is InChI=1S/C14H18FNO/c1-17-12-4-2-3-11(13(12)15)10-5-6-14(7-10)8-16-9-14/h2-4,10,16H,5-9H2,1H3. The third kappa shape index (κ3) is 1.73. The fourth-order valence-electron chi connectivity index (χ4n) is 3.27. The van der Waals surface area contributed by atoms with Gasteiger partial charge in [-0.15, -0.1) is 0 Å². The molecule has 0 bridgehead atoms. The van der Waals surface area contributed by atoms with Crippen LogP contribution in [0.3, 0.4) is 0 Å². The highest BCUT2D eigenvalue weighted by Gasteiger charge is 2.44. The maximum absolute atomic E-state index is 14.2. The molecule has 1 N–H and O–H groups in total. The number of methoxy groups -OCH3 is 1. The number of rotatable bonds is 2. The molecule has 1 saturated carbocycles. The van der Waals surface area contributed by atoms with E-state index < -0.39 is 0 Å². The van der Waals surface area contributed by atoms with E-state index in [0.717, 1.165) is 31.5 Å². The van der Waals surface area contributed by atoms with Crippen LogP contribution in [0.25, 0.3) is 0 Å². The van der Waals surface area contributed by atoms with Gasteiger partial charge >= 0.3 is 0 Å². The van der Waals surface area contributed by atoms with Crippen LogP contribution in [-0.2, 0) is 0 Å². The van der Waals surface area contributed by atoms with Crippen LogP contribution in [0.15, 0.2) is 18.2 Å². The summed E-state index contributed by atoms with van der Waals surface area (Å²) >= 11 is 0. The Hall–Kier alpha value is -1.09. The van der Waals surface area contributed by atoms with Gasteiger partial charge in [0.05, 0.1) is 7.11 Å². The van der Waals surface area contributed by atoms with Crippen LogP contribution in [0.2, 0.25) is 0 Å². The lowest BCUT2D eigenvalue weighted by Gasteiger charge is -2.39. The molecule has 0 radical (unpaired) electrons. The van der Waals surface area contributed by atoms with Crippen molar-refractivity contribution in [3.63, 3.8) is 0 Å². The van der Waals surface area contributed by atoms with E-state index in [-0.39, 0.29) is 5.82 Å². The average Bonchev–Trinajstić information content (AvgIpc) is 2.74. The second kappa shape index (κ2) is 3.98. The molecule has 3 heteroatoms. The van der Waals surface area contributed by atoms with Crippen LogP contribution >= 0.6 is 0 Å². The molecule has 1 aliphatic heterocycles. The average molecular weight is 235 g/mol. The van der Waals surface area contributed by atoms with Crippen LogP contribution in [-0.4, -0.2) is 20.2 Å². The molecular weight excluding hydrogens is 217 g/mol. The lowest BCUT2D eigenvalue weighted by molar-refractivity contribution is 0.175. The third-order valence-electron chi connectivity index (χ3n) is 4.36. The summed E-state index contributed by atoms with van der Waals surface area (Å²) in [6.07, 6.45) is 3.44. The number of hydrogen-bond donors (Lipinski definition) is 1. The molecule has 0 aromatic heterocycles. The first kappa shape index (κ1) is 11.0. The van der Waals surface area contributed by atoms with Crippen molar-refractivity contribution in [2.45, 2.75) is 25.2 Å². The van der Waals surface area contributed by atoms with Crippen molar-refractivity contribution >= 4 is 0 Å². The van der Waals surface area contributed by atoms with Gasteiger partial charge in [0.1, 0.15) is 0 Å². The highest BCUT2D eigenvalue weighted by molar-refractivity contribution is 5.34. The summed E-state index contributed by atoms with van der Waals surface area (Å²) in [4.78, 5) is 0. The van der Waals surface area contributed by atoms with Crippen molar-refractivity contribution in [1.82, 2.24) is 5.32 Å². The zero-order chi connectivity index (χ0) is 11.9. The van der Waals surface area contributed by atoms with Gasteiger partial charge in [-0.3, -0.25) is 0 Å². The maximum Gasteiger partial charge on any atom is 0.168 e. The molecule has 1 heterocycles. The molecule has 17 heavy (non-hydrogen) atoms. The van der Waals surface area contributed by atoms with Crippen molar-refractivity contribution in [2.24, 2.45) is 5.41 Å². The highest BCUT2D eigenvalue weighted by atomic mass is 19.1. The Morgan fingerprint density at radius 2 is 2.24 bits per heavy atom. The minimum absolute atomic E-state index is 0.163. The van der Waals surface area contributed by atoms with Gasteiger partial charge in [0, 0.05) is 13.1 Å². The van der Waals surface area contributed by atoms with Gasteiger partial charge in [-0.25, -0.2) is 4.39 Å².